The second kappa shape index (κ2) is 9.50. The average molecular weight is 528 g/mol. The molecule has 158 valence electrons. The third-order valence-corrected chi connectivity index (χ3v) is 4.59. The summed E-state index contributed by atoms with van der Waals surface area (Å²) in [5, 5.41) is 5.67. The van der Waals surface area contributed by atoms with Crippen LogP contribution in [0.25, 0.3) is 0 Å². The maximum absolute atomic E-state index is 13.5. The molecule has 1 heterocycles. The van der Waals surface area contributed by atoms with Gasteiger partial charge in [-0.1, -0.05) is 19.9 Å². The van der Waals surface area contributed by atoms with Crippen LogP contribution < -0.4 is 15.4 Å². The van der Waals surface area contributed by atoms with E-state index in [9.17, 15) is 13.2 Å². The first kappa shape index (κ1) is 22.1. The van der Waals surface area contributed by atoms with Crippen LogP contribution >= 0.6 is 22.6 Å². The van der Waals surface area contributed by atoms with Crippen LogP contribution in [0.2, 0.25) is 0 Å². The number of hydrogen-bond donors (Lipinski definition) is 2. The van der Waals surface area contributed by atoms with E-state index in [-0.39, 0.29) is 11.8 Å². The summed E-state index contributed by atoms with van der Waals surface area (Å²) in [5.74, 6) is 0.606. The molecule has 0 unspecified atom stereocenters. The third-order valence-electron chi connectivity index (χ3n) is 3.87. The minimum Gasteiger partial charge on any atom is -0.493 e. The first-order valence-electron chi connectivity index (χ1n) is 9.17. The zero-order valence-electron chi connectivity index (χ0n) is 16.3. The Kier molecular flexibility index (Phi) is 7.01. The molecule has 0 amide bonds. The molecule has 0 saturated heterocycles. The molecule has 0 atom stereocenters. The Morgan fingerprint density at radius 2 is 1.77 bits per heavy atom. The van der Waals surface area contributed by atoms with E-state index >= 15 is 0 Å². The molecule has 2 aromatic carbocycles. The topological polar surface area (TPSA) is 59.1 Å². The number of nitrogens with one attached hydrogen (secondary N) is 2. The summed E-state index contributed by atoms with van der Waals surface area (Å²) in [6.07, 6.45) is -3.83. The van der Waals surface area contributed by atoms with Crippen molar-refractivity contribution < 1.29 is 17.9 Å². The van der Waals surface area contributed by atoms with Crippen molar-refractivity contribution in [2.75, 3.05) is 17.2 Å². The van der Waals surface area contributed by atoms with E-state index in [0.29, 0.717) is 29.6 Å². The lowest BCUT2D eigenvalue weighted by Crippen LogP contribution is -2.12. The summed E-state index contributed by atoms with van der Waals surface area (Å²) >= 11 is 2.17. The van der Waals surface area contributed by atoms with E-state index in [1.54, 1.807) is 36.4 Å². The molecule has 9 heteroatoms. The van der Waals surface area contributed by atoms with Crippen molar-refractivity contribution in [3.8, 4) is 5.75 Å². The van der Waals surface area contributed by atoms with Gasteiger partial charge >= 0.3 is 6.18 Å². The van der Waals surface area contributed by atoms with Gasteiger partial charge in [0.05, 0.1) is 6.61 Å². The van der Waals surface area contributed by atoms with Gasteiger partial charge in [-0.2, -0.15) is 18.2 Å². The van der Waals surface area contributed by atoms with Crippen molar-refractivity contribution in [3.63, 3.8) is 0 Å². The minimum absolute atomic E-state index is 0.0546. The van der Waals surface area contributed by atoms with Gasteiger partial charge < -0.3 is 15.4 Å². The number of nitrogens with zero attached hydrogens (tertiary/aromatic N) is 2. The Balaban J connectivity index is 1.87. The molecule has 3 rings (SSSR count). The van der Waals surface area contributed by atoms with Gasteiger partial charge in [-0.05, 0) is 64.9 Å². The highest BCUT2D eigenvalue weighted by atomic mass is 127. The summed E-state index contributed by atoms with van der Waals surface area (Å²) < 4.78 is 47.1. The molecular weight excluding hydrogens is 508 g/mol. The molecule has 0 aliphatic rings. The van der Waals surface area contributed by atoms with Crippen molar-refractivity contribution in [1.82, 2.24) is 9.97 Å². The number of ether oxygens (including phenoxy) is 1. The van der Waals surface area contributed by atoms with Gasteiger partial charge in [0.15, 0.2) is 0 Å². The van der Waals surface area contributed by atoms with Gasteiger partial charge in [-0.3, -0.25) is 0 Å². The molecular formula is C21H20F3IN4O. The second-order valence-corrected chi connectivity index (χ2v) is 8.19. The van der Waals surface area contributed by atoms with E-state index in [1.165, 1.54) is 0 Å². The number of aromatic nitrogens is 2. The van der Waals surface area contributed by atoms with Gasteiger partial charge in [0.2, 0.25) is 5.95 Å². The molecule has 0 fully saturated rings. The minimum atomic E-state index is -4.60. The Morgan fingerprint density at radius 1 is 1.03 bits per heavy atom. The third kappa shape index (κ3) is 6.22. The summed E-state index contributed by atoms with van der Waals surface area (Å²) in [7, 11) is 0. The van der Waals surface area contributed by atoms with E-state index in [0.717, 1.165) is 9.77 Å². The van der Waals surface area contributed by atoms with E-state index in [4.69, 9.17) is 4.74 Å². The summed E-state index contributed by atoms with van der Waals surface area (Å²) in [6.45, 7) is 4.54. The van der Waals surface area contributed by atoms with Gasteiger partial charge in [-0.15, -0.1) is 0 Å². The fourth-order valence-electron chi connectivity index (χ4n) is 2.47. The van der Waals surface area contributed by atoms with Crippen molar-refractivity contribution >= 4 is 45.7 Å². The SMILES string of the molecule is CC(C)COc1cccc(Nc2nc(Nc3ccc(I)cc3)ncc2C(F)(F)F)c1. The molecule has 5 nitrogen and oxygen atoms in total. The second-order valence-electron chi connectivity index (χ2n) is 6.94. The van der Waals surface area contributed by atoms with Gasteiger partial charge in [-0.25, -0.2) is 4.98 Å². The number of halogens is 4. The van der Waals surface area contributed by atoms with Gasteiger partial charge in [0, 0.05) is 27.2 Å². The van der Waals surface area contributed by atoms with Crippen LogP contribution in [-0.4, -0.2) is 16.6 Å². The first-order valence-corrected chi connectivity index (χ1v) is 10.3. The summed E-state index contributed by atoms with van der Waals surface area (Å²) in [5.41, 5.74) is 0.148. The quantitative estimate of drug-likeness (QED) is 0.338. The van der Waals surface area contributed by atoms with Crippen LogP contribution in [0.15, 0.2) is 54.7 Å². The predicted octanol–water partition coefficient (Wildman–Crippen LogP) is 6.62. The number of rotatable bonds is 7. The summed E-state index contributed by atoms with van der Waals surface area (Å²) in [4.78, 5) is 7.88. The number of hydrogen-bond acceptors (Lipinski definition) is 5. The molecule has 1 aromatic heterocycles. The molecule has 0 spiro atoms. The van der Waals surface area contributed by atoms with Crippen LogP contribution in [-0.2, 0) is 6.18 Å². The zero-order chi connectivity index (χ0) is 21.7. The van der Waals surface area contributed by atoms with Crippen LogP contribution in [0.1, 0.15) is 19.4 Å². The van der Waals surface area contributed by atoms with Crippen LogP contribution in [0.5, 0.6) is 5.75 Å². The maximum atomic E-state index is 13.5. The highest BCUT2D eigenvalue weighted by molar-refractivity contribution is 14.1. The van der Waals surface area contributed by atoms with Crippen LogP contribution in [0.4, 0.5) is 36.3 Å². The Labute approximate surface area is 186 Å². The standard InChI is InChI=1S/C21H20F3IN4O/c1-13(2)12-30-17-5-3-4-16(10-17)27-19-18(21(22,23)24)11-26-20(29-19)28-15-8-6-14(25)7-9-15/h3-11,13H,12H2,1-2H3,(H2,26,27,28,29). The number of alkyl halides is 3. The van der Waals surface area contributed by atoms with Crippen molar-refractivity contribution in [3.05, 3.63) is 63.9 Å². The van der Waals surface area contributed by atoms with Crippen LogP contribution in [0, 0.1) is 9.49 Å². The largest absolute Gasteiger partial charge is 0.493 e. The normalized spacial score (nSPS) is 11.4. The highest BCUT2D eigenvalue weighted by Gasteiger charge is 2.35. The molecule has 0 bridgehead atoms. The lowest BCUT2D eigenvalue weighted by Gasteiger charge is -2.16. The molecule has 0 aliphatic heterocycles. The monoisotopic (exact) mass is 528 g/mol. The summed E-state index contributed by atoms with van der Waals surface area (Å²) in [6, 6.07) is 14.1. The predicted molar refractivity (Wildman–Crippen MR) is 120 cm³/mol. The molecule has 3 aromatic rings. The lowest BCUT2D eigenvalue weighted by molar-refractivity contribution is -0.137. The van der Waals surface area contributed by atoms with Gasteiger partial charge in [0.1, 0.15) is 17.1 Å². The molecule has 0 aliphatic carbocycles. The van der Waals surface area contributed by atoms with Crippen molar-refractivity contribution in [2.45, 2.75) is 20.0 Å². The smallest absolute Gasteiger partial charge is 0.421 e. The Bertz CT molecular complexity index is 994. The first-order chi connectivity index (χ1) is 14.2. The maximum Gasteiger partial charge on any atom is 0.421 e. The average Bonchev–Trinajstić information content (AvgIpc) is 2.68. The molecule has 0 saturated carbocycles. The number of benzene rings is 2. The Morgan fingerprint density at radius 3 is 2.43 bits per heavy atom. The van der Waals surface area contributed by atoms with E-state index in [1.807, 2.05) is 26.0 Å². The zero-order valence-corrected chi connectivity index (χ0v) is 18.5. The molecule has 30 heavy (non-hydrogen) atoms. The number of anilines is 4. The van der Waals surface area contributed by atoms with E-state index < -0.39 is 11.7 Å². The Hall–Kier alpha value is -2.56. The van der Waals surface area contributed by atoms with Gasteiger partial charge in [0.25, 0.3) is 0 Å². The fourth-order valence-corrected chi connectivity index (χ4v) is 2.83. The van der Waals surface area contributed by atoms with Crippen molar-refractivity contribution in [2.24, 2.45) is 5.92 Å². The fraction of sp³-hybridized carbons (Fsp3) is 0.238. The molecule has 0 radical (unpaired) electrons. The van der Waals surface area contributed by atoms with Crippen molar-refractivity contribution in [1.29, 1.82) is 0 Å². The highest BCUT2D eigenvalue weighted by Crippen LogP contribution is 2.35. The molecule has 2 N–H and O–H groups in total. The lowest BCUT2D eigenvalue weighted by atomic mass is 10.2. The van der Waals surface area contributed by atoms with Crippen LogP contribution in [0.3, 0.4) is 0 Å². The van der Waals surface area contributed by atoms with E-state index in [2.05, 4.69) is 43.2 Å².